The second kappa shape index (κ2) is 64.2. The van der Waals surface area contributed by atoms with E-state index < -0.39 is 96.1 Å². The molecule has 0 aromatic carbocycles. The summed E-state index contributed by atoms with van der Waals surface area (Å²) in [4.78, 5) is 186. The van der Waals surface area contributed by atoms with Gasteiger partial charge in [0.2, 0.25) is 36.9 Å². The first-order valence-corrected chi connectivity index (χ1v) is 50.3. The maximum absolute atomic E-state index is 15.1. The summed E-state index contributed by atoms with van der Waals surface area (Å²) in [5.74, 6) is -4.60. The number of aliphatic hydroxyl groups excluding tert-OH is 1. The van der Waals surface area contributed by atoms with Crippen LogP contribution in [0.1, 0.15) is 313 Å². The Morgan fingerprint density at radius 2 is 0.770 bits per heavy atom. The highest BCUT2D eigenvalue weighted by Gasteiger charge is 2.46. The molecule has 5 rings (SSSR count). The molecule has 25 atom stereocenters. The van der Waals surface area contributed by atoms with Gasteiger partial charge in [0.1, 0.15) is 44.1 Å². The molecule has 0 aromatic rings. The Balaban J connectivity index is 0.0000129. The van der Waals surface area contributed by atoms with Crippen LogP contribution in [-0.2, 0) is 129 Å². The number of rotatable bonds is 63. The number of esters is 5. The van der Waals surface area contributed by atoms with Gasteiger partial charge in [0.05, 0.1) is 43.4 Å². The minimum Gasteiger partial charge on any atom is -0.463 e. The van der Waals surface area contributed by atoms with Crippen molar-refractivity contribution < 1.29 is 135 Å². The molecule has 0 aliphatic carbocycles. The minimum atomic E-state index is -1.10. The third-order valence-electron chi connectivity index (χ3n) is 28.6. The Morgan fingerprint density at radius 3 is 1.14 bits per heavy atom. The molecular formula is C101H174N6O28. The largest absolute Gasteiger partial charge is 0.463 e. The lowest BCUT2D eigenvalue weighted by molar-refractivity contribution is -0.255. The quantitative estimate of drug-likeness (QED) is 0.0187. The summed E-state index contributed by atoms with van der Waals surface area (Å²) in [6.07, 6.45) is 4.14. The van der Waals surface area contributed by atoms with Crippen molar-refractivity contribution in [1.29, 1.82) is 1.43 Å². The van der Waals surface area contributed by atoms with E-state index >= 15 is 4.79 Å². The predicted octanol–water partition coefficient (Wildman–Crippen LogP) is 12.1. The molecule has 0 bridgehead atoms. The molecule has 11 unspecified atom stereocenters. The third-order valence-corrected chi connectivity index (χ3v) is 28.6. The zero-order valence-corrected chi connectivity index (χ0v) is 85.3. The van der Waals surface area contributed by atoms with E-state index in [9.17, 15) is 62.3 Å². The van der Waals surface area contributed by atoms with Crippen molar-refractivity contribution in [3.63, 3.8) is 0 Å². The van der Waals surface area contributed by atoms with Crippen LogP contribution in [0.25, 0.3) is 0 Å². The number of unbranched alkanes of at least 4 members (excludes halogenated alkanes) is 7. The highest BCUT2D eigenvalue weighted by molar-refractivity contribution is 5.93. The second-order valence-corrected chi connectivity index (χ2v) is 39.5. The van der Waals surface area contributed by atoms with Gasteiger partial charge in [0.15, 0.2) is 30.9 Å². The fourth-order valence-corrected chi connectivity index (χ4v) is 18.0. The zero-order valence-electron chi connectivity index (χ0n) is 87.3. The summed E-state index contributed by atoms with van der Waals surface area (Å²) < 4.78 is 90.7. The van der Waals surface area contributed by atoms with Crippen molar-refractivity contribution in [2.45, 2.75) is 380 Å². The van der Waals surface area contributed by atoms with Gasteiger partial charge in [-0.15, -0.1) is 0 Å². The Morgan fingerprint density at radius 1 is 0.422 bits per heavy atom. The average molecular weight is 1920 g/mol. The van der Waals surface area contributed by atoms with Gasteiger partial charge in [-0.2, -0.15) is 0 Å². The van der Waals surface area contributed by atoms with Crippen LogP contribution in [0.2, 0.25) is 0 Å². The molecule has 5 aliphatic heterocycles. The molecule has 0 saturated carbocycles. The van der Waals surface area contributed by atoms with Gasteiger partial charge in [-0.1, -0.05) is 110 Å². The van der Waals surface area contributed by atoms with Crippen LogP contribution in [0.4, 0.5) is 0 Å². The molecule has 776 valence electrons. The predicted molar refractivity (Wildman–Crippen MR) is 504 cm³/mol. The molecule has 135 heavy (non-hydrogen) atoms. The van der Waals surface area contributed by atoms with Crippen LogP contribution in [-0.4, -0.2) is 255 Å². The van der Waals surface area contributed by atoms with Crippen LogP contribution in [0.5, 0.6) is 0 Å². The van der Waals surface area contributed by atoms with E-state index in [4.69, 9.17) is 64.4 Å². The number of hydrogen-bond acceptors (Lipinski definition) is 28. The summed E-state index contributed by atoms with van der Waals surface area (Å²) in [5, 5.41) is 18.5. The fourth-order valence-electron chi connectivity index (χ4n) is 18.0. The first-order valence-electron chi connectivity index (χ1n) is 51.4. The van der Waals surface area contributed by atoms with Gasteiger partial charge < -0.3 is 103 Å². The van der Waals surface area contributed by atoms with E-state index in [0.29, 0.717) is 123 Å². The number of ether oxygens (including phenoxy) is 13. The number of aliphatic hydroxyl groups is 1. The van der Waals surface area contributed by atoms with Crippen molar-refractivity contribution in [1.82, 2.24) is 31.5 Å². The molecule has 6 amide bonds. The molecule has 34 heteroatoms. The molecule has 0 radical (unpaired) electrons. The first kappa shape index (κ1) is 117. The fraction of sp³-hybridized carbons (Fsp3) is 0.861. The highest BCUT2D eigenvalue weighted by atomic mass is 16.7. The van der Waals surface area contributed by atoms with E-state index in [-0.39, 0.29) is 286 Å². The minimum absolute atomic E-state index is 0.000975. The van der Waals surface area contributed by atoms with Crippen molar-refractivity contribution in [2.24, 2.45) is 88.3 Å². The van der Waals surface area contributed by atoms with E-state index in [2.05, 4.69) is 108 Å². The Kier molecular flexibility index (Phi) is 55.4. The molecule has 0 spiro atoms. The van der Waals surface area contributed by atoms with Crippen molar-refractivity contribution >= 4 is 82.6 Å². The summed E-state index contributed by atoms with van der Waals surface area (Å²) in [5.41, 5.74) is -1.10. The first-order chi connectivity index (χ1) is 64.9. The summed E-state index contributed by atoms with van der Waals surface area (Å²) >= 11 is 0. The number of nitrogens with one attached hydrogen (secondary N) is 5. The number of carbonyl (C=O) groups excluding carboxylic acids is 14. The number of Topliss-reactive ketones (excluding diaryl/α,β-unsaturated/α-hetero) is 3. The van der Waals surface area contributed by atoms with Crippen LogP contribution in [0, 0.1) is 88.3 Å². The monoisotopic (exact) mass is 1920 g/mol. The third kappa shape index (κ3) is 44.5. The molecule has 5 heterocycles. The number of carbonyl (C=O) groups is 14. The summed E-state index contributed by atoms with van der Waals surface area (Å²) in [7, 11) is 1.29. The SMILES string of the molecule is [2H]C[C@@H]1C[C@@H](OC(=O)CCC(C)=O)CN1C(=O)C(C)(C)CCNC(=O)C(CCCCNC(=O)C(CCCCNC(=O)CCCCO[C@@H]1OC(COC(C)=O)[C@H](C)[C@H](C)C1C)CC(=O)CCCCO[C@@H]1OC(COC(C)=O)[C@H](C)[C@H](C)C1C)CC(=O)C(CCCCNC(=O)CCCCO[C@@H]1OC(COC(C)=O)[C@H](C)[C@H](C)C1C)NC(=O)CCCCO[C@@H]1OC(COC(C)=O)[C@H](C)[C@H](C)C1C.[3H]OC. The van der Waals surface area contributed by atoms with Gasteiger partial charge in [-0.05, 0) is 164 Å². The van der Waals surface area contributed by atoms with Gasteiger partial charge in [-0.3, -0.25) is 62.3 Å². The lowest BCUT2D eigenvalue weighted by atomic mass is 9.79. The van der Waals surface area contributed by atoms with Crippen LogP contribution >= 0.6 is 0 Å². The second-order valence-electron chi connectivity index (χ2n) is 39.5. The van der Waals surface area contributed by atoms with Gasteiger partial charge in [0, 0.05) is 187 Å². The van der Waals surface area contributed by atoms with Crippen LogP contribution in [0.15, 0.2) is 0 Å². The van der Waals surface area contributed by atoms with Gasteiger partial charge >= 0.3 is 29.8 Å². The Bertz CT molecular complexity index is 3660. The molecule has 0 aromatic heterocycles. The number of ketones is 3. The molecule has 5 fully saturated rings. The van der Waals surface area contributed by atoms with Crippen molar-refractivity contribution in [3.8, 4) is 0 Å². The van der Waals surface area contributed by atoms with Crippen LogP contribution in [0.3, 0.4) is 0 Å². The number of nitrogens with zero attached hydrogens (tertiary/aromatic N) is 1. The van der Waals surface area contributed by atoms with Gasteiger partial charge in [0.25, 0.3) is 0 Å². The summed E-state index contributed by atoms with van der Waals surface area (Å²) in [6.45, 7) is 37.8. The Hall–Kier alpha value is -7.18. The normalized spacial score (nSPS) is 27.6. The van der Waals surface area contributed by atoms with Crippen molar-refractivity contribution in [2.75, 3.05) is 92.7 Å². The zero-order chi connectivity index (χ0) is 102. The standard InChI is InChI=1S/C100H170N6O27.CH4O/c1-61-53-82(129-92(117)43-42-62(2)107)56-106(61)99(120)100(19,20)44-48-104-94(119)80(55-84(113)83(105-91(116)41-27-34-52-124-98-74(14)66(6)70(10)88(133-98)60-128-78(18)111)38-23-30-46-102-90(115)40-26-33-51-123-97-73(13)65(5)69(9)87(132-97)59-127-77(17)110)36-22-29-47-103-93(118)79(54-81(112)37-24-31-49-121-95-71(11)63(3)67(7)85(130-95)57-125-75(15)108)35-21-28-45-101-89(114)39-25-32-50-122-96-72(12)64(4)68(8)86(131-96)58-126-76(16)109;1-2/h61,63-74,79-80,82-83,85-88,95-98H,21-60H2,1-20H3,(H,101,114)(H,102,115)(H,103,118)(H,104,119)(H,105,116);2H,1H3/t61-,63+,64+,65+,66+,67-,68-,69-,70-,71?,72?,73?,74?,79?,80?,82-,83?,85?,86?,87?,88?,95-,96-,97-,98-;/m1./s1/i1D;2T. The molecule has 5 saturated heterocycles. The highest BCUT2D eigenvalue weighted by Crippen LogP contribution is 2.41. The van der Waals surface area contributed by atoms with Gasteiger partial charge in [-0.25, -0.2) is 0 Å². The summed E-state index contributed by atoms with van der Waals surface area (Å²) in [6, 6.07) is -1.60. The van der Waals surface area contributed by atoms with E-state index in [0.717, 1.165) is 0 Å². The lowest BCUT2D eigenvalue weighted by Gasteiger charge is -2.43. The van der Waals surface area contributed by atoms with Crippen molar-refractivity contribution in [3.05, 3.63) is 0 Å². The molecule has 5 aliphatic rings. The topological polar surface area (TPSA) is 443 Å². The van der Waals surface area contributed by atoms with Crippen LogP contribution < -0.4 is 26.6 Å². The van der Waals surface area contributed by atoms with E-state index in [1.54, 1.807) is 18.7 Å². The lowest BCUT2D eigenvalue weighted by Crippen LogP contribution is -2.47. The maximum Gasteiger partial charge on any atom is 0.306 e. The average Bonchev–Trinajstić information content (AvgIpc) is 1.61. The molecule has 34 nitrogen and oxygen atoms in total. The van der Waals surface area contributed by atoms with E-state index in [1.165, 1.54) is 41.7 Å². The Labute approximate surface area is 807 Å². The number of hydrogen-bond donors (Lipinski definition) is 6. The maximum atomic E-state index is 15.1. The molecule has 6 N–H and O–H groups in total. The van der Waals surface area contributed by atoms with E-state index in [1.807, 2.05) is 6.92 Å². The number of likely N-dealkylation sites (tertiary alicyclic amines) is 1. The molecular weight excluding hydrogens is 1750 g/mol. The number of amides is 6. The smallest absolute Gasteiger partial charge is 0.306 e.